The molecule has 2 nitrogen and oxygen atoms in total. The van der Waals surface area contributed by atoms with E-state index in [1.807, 2.05) is 0 Å². The van der Waals surface area contributed by atoms with Crippen LogP contribution in [0.4, 0.5) is 0 Å². The van der Waals surface area contributed by atoms with Gasteiger partial charge in [0.1, 0.15) is 0 Å². The molecule has 7 atom stereocenters. The van der Waals surface area contributed by atoms with Gasteiger partial charge in [0.2, 0.25) is 0 Å². The second-order valence-corrected chi connectivity index (χ2v) is 7.80. The fourth-order valence-electron chi connectivity index (χ4n) is 4.52. The Balaban J connectivity index is 1.99. The van der Waals surface area contributed by atoms with Gasteiger partial charge in [0, 0.05) is 25.0 Å². The summed E-state index contributed by atoms with van der Waals surface area (Å²) in [5.41, 5.74) is 0. The first kappa shape index (κ1) is 15.3. The van der Waals surface area contributed by atoms with Gasteiger partial charge in [0.25, 0.3) is 0 Å². The van der Waals surface area contributed by atoms with Gasteiger partial charge in [-0.25, -0.2) is 0 Å². The number of aliphatic hydroxyl groups excluding tert-OH is 1. The zero-order valence-corrected chi connectivity index (χ0v) is 13.5. The Labute approximate surface area is 119 Å². The molecule has 19 heavy (non-hydrogen) atoms. The molecular formula is C17H33NO. The van der Waals surface area contributed by atoms with Crippen LogP contribution in [0.1, 0.15) is 53.9 Å². The summed E-state index contributed by atoms with van der Waals surface area (Å²) in [6, 6.07) is 0.676. The van der Waals surface area contributed by atoms with Crippen molar-refractivity contribution in [3.8, 4) is 0 Å². The van der Waals surface area contributed by atoms with Gasteiger partial charge in [-0.15, -0.1) is 0 Å². The molecule has 0 aromatic rings. The lowest BCUT2D eigenvalue weighted by Gasteiger charge is -2.46. The van der Waals surface area contributed by atoms with Crippen molar-refractivity contribution in [2.45, 2.75) is 66.0 Å². The predicted octanol–water partition coefficient (Wildman–Crippen LogP) is 3.40. The molecule has 0 aromatic heterocycles. The monoisotopic (exact) mass is 267 g/mol. The van der Waals surface area contributed by atoms with Crippen LogP contribution in [-0.2, 0) is 0 Å². The molecular weight excluding hydrogens is 234 g/mol. The van der Waals surface area contributed by atoms with E-state index in [9.17, 15) is 5.11 Å². The number of hydrogen-bond donors (Lipinski definition) is 1. The smallest absolute Gasteiger partial charge is 0.0585 e. The Morgan fingerprint density at radius 3 is 2.16 bits per heavy atom. The Morgan fingerprint density at radius 1 is 0.895 bits per heavy atom. The minimum Gasteiger partial charge on any atom is -0.393 e. The molecule has 1 saturated carbocycles. The second-order valence-electron chi connectivity index (χ2n) is 7.80. The first-order valence-corrected chi connectivity index (χ1v) is 8.30. The van der Waals surface area contributed by atoms with Crippen LogP contribution in [0.5, 0.6) is 0 Å². The van der Waals surface area contributed by atoms with Gasteiger partial charge in [-0.3, -0.25) is 4.90 Å². The first-order valence-electron chi connectivity index (χ1n) is 8.30. The highest BCUT2D eigenvalue weighted by Crippen LogP contribution is 2.36. The maximum atomic E-state index is 10.4. The molecule has 1 aliphatic carbocycles. The van der Waals surface area contributed by atoms with E-state index in [1.165, 1.54) is 19.4 Å². The maximum absolute atomic E-state index is 10.4. The van der Waals surface area contributed by atoms with Gasteiger partial charge < -0.3 is 5.11 Å². The molecule has 1 aliphatic heterocycles. The highest BCUT2D eigenvalue weighted by molar-refractivity contribution is 4.89. The quantitative estimate of drug-likeness (QED) is 0.829. The Kier molecular flexibility index (Phi) is 4.94. The summed E-state index contributed by atoms with van der Waals surface area (Å²) >= 11 is 0. The average molecular weight is 267 g/mol. The lowest BCUT2D eigenvalue weighted by Crippen LogP contribution is -2.51. The number of nitrogens with zero attached hydrogens (tertiary/aromatic N) is 1. The lowest BCUT2D eigenvalue weighted by molar-refractivity contribution is -0.0252. The van der Waals surface area contributed by atoms with Crippen LogP contribution < -0.4 is 0 Å². The normalized spacial score (nSPS) is 49.3. The molecule has 0 bridgehead atoms. The third-order valence-electron chi connectivity index (χ3n) is 5.81. The highest BCUT2D eigenvalue weighted by atomic mass is 16.3. The van der Waals surface area contributed by atoms with E-state index in [0.717, 1.165) is 24.8 Å². The van der Waals surface area contributed by atoms with Crippen LogP contribution in [0, 0.1) is 29.6 Å². The fraction of sp³-hybridized carbons (Fsp3) is 1.00. The molecule has 2 aliphatic rings. The van der Waals surface area contributed by atoms with Crippen LogP contribution in [0.15, 0.2) is 0 Å². The van der Waals surface area contributed by atoms with Crippen LogP contribution in [0.25, 0.3) is 0 Å². The summed E-state index contributed by atoms with van der Waals surface area (Å²) < 4.78 is 0. The van der Waals surface area contributed by atoms with Crippen LogP contribution >= 0.6 is 0 Å². The number of hydrogen-bond acceptors (Lipinski definition) is 2. The zero-order valence-electron chi connectivity index (χ0n) is 13.5. The van der Waals surface area contributed by atoms with E-state index in [4.69, 9.17) is 0 Å². The van der Waals surface area contributed by atoms with E-state index >= 15 is 0 Å². The third-order valence-corrected chi connectivity index (χ3v) is 5.81. The number of likely N-dealkylation sites (tertiary alicyclic amines) is 1. The van der Waals surface area contributed by atoms with E-state index in [2.05, 4.69) is 39.5 Å². The van der Waals surface area contributed by atoms with Gasteiger partial charge >= 0.3 is 0 Å². The van der Waals surface area contributed by atoms with Crippen LogP contribution in [-0.4, -0.2) is 35.2 Å². The molecule has 2 rings (SSSR count). The molecule has 0 radical (unpaired) electrons. The van der Waals surface area contributed by atoms with Crippen molar-refractivity contribution in [2.75, 3.05) is 13.1 Å². The first-order chi connectivity index (χ1) is 8.88. The highest BCUT2D eigenvalue weighted by Gasteiger charge is 2.37. The standard InChI is InChI=1S/C17H33NO/c1-11-6-14(4)16(17(19)8-11)10-18-9-12(2)7-13(3)15(18)5/h11-17,19H,6-10H2,1-5H3. The van der Waals surface area contributed by atoms with Crippen LogP contribution in [0.3, 0.4) is 0 Å². The minimum absolute atomic E-state index is 0.0847. The number of piperidine rings is 1. The topological polar surface area (TPSA) is 23.5 Å². The SMILES string of the molecule is CC1CC(C)C(CN2CC(C)CC(C)C2C)C(O)C1. The maximum Gasteiger partial charge on any atom is 0.0585 e. The fourth-order valence-corrected chi connectivity index (χ4v) is 4.52. The van der Waals surface area contributed by atoms with E-state index in [-0.39, 0.29) is 6.10 Å². The molecule has 2 fully saturated rings. The van der Waals surface area contributed by atoms with E-state index in [1.54, 1.807) is 0 Å². The molecule has 7 unspecified atom stereocenters. The summed E-state index contributed by atoms with van der Waals surface area (Å²) in [4.78, 5) is 2.65. The summed E-state index contributed by atoms with van der Waals surface area (Å²) in [6.45, 7) is 14.1. The summed E-state index contributed by atoms with van der Waals surface area (Å²) in [7, 11) is 0. The van der Waals surface area contributed by atoms with Gasteiger partial charge in [-0.05, 0) is 49.9 Å². The van der Waals surface area contributed by atoms with Gasteiger partial charge in [0.15, 0.2) is 0 Å². The van der Waals surface area contributed by atoms with Gasteiger partial charge in [-0.1, -0.05) is 27.7 Å². The zero-order chi connectivity index (χ0) is 14.2. The number of rotatable bonds is 2. The molecule has 0 aromatic carbocycles. The van der Waals surface area contributed by atoms with Crippen LogP contribution in [0.2, 0.25) is 0 Å². The van der Waals surface area contributed by atoms with E-state index < -0.39 is 0 Å². The predicted molar refractivity (Wildman–Crippen MR) is 81.0 cm³/mol. The lowest BCUT2D eigenvalue weighted by atomic mass is 9.73. The van der Waals surface area contributed by atoms with Crippen molar-refractivity contribution in [1.29, 1.82) is 0 Å². The van der Waals surface area contributed by atoms with Crippen molar-refractivity contribution in [1.82, 2.24) is 4.90 Å². The minimum atomic E-state index is -0.0847. The van der Waals surface area contributed by atoms with Crippen molar-refractivity contribution in [2.24, 2.45) is 29.6 Å². The Morgan fingerprint density at radius 2 is 1.53 bits per heavy atom. The molecule has 1 heterocycles. The van der Waals surface area contributed by atoms with Crippen molar-refractivity contribution < 1.29 is 5.11 Å². The van der Waals surface area contributed by atoms with E-state index in [0.29, 0.717) is 23.8 Å². The van der Waals surface area contributed by atoms with Crippen molar-refractivity contribution in [3.05, 3.63) is 0 Å². The Hall–Kier alpha value is -0.0800. The van der Waals surface area contributed by atoms with Gasteiger partial charge in [-0.2, -0.15) is 0 Å². The third kappa shape index (κ3) is 3.52. The molecule has 0 amide bonds. The summed E-state index contributed by atoms with van der Waals surface area (Å²) in [5.74, 6) is 3.44. The Bertz CT molecular complexity index is 281. The number of aliphatic hydroxyl groups is 1. The van der Waals surface area contributed by atoms with Crippen molar-refractivity contribution in [3.63, 3.8) is 0 Å². The van der Waals surface area contributed by atoms with Gasteiger partial charge in [0.05, 0.1) is 6.10 Å². The summed E-state index contributed by atoms with van der Waals surface area (Å²) in [5, 5.41) is 10.4. The second kappa shape index (κ2) is 6.13. The summed E-state index contributed by atoms with van der Waals surface area (Å²) in [6.07, 6.45) is 3.56. The molecule has 1 saturated heterocycles. The average Bonchev–Trinajstić information content (AvgIpc) is 2.29. The molecule has 1 N–H and O–H groups in total. The molecule has 0 spiro atoms. The van der Waals surface area contributed by atoms with Crippen molar-refractivity contribution >= 4 is 0 Å². The molecule has 2 heteroatoms. The largest absolute Gasteiger partial charge is 0.393 e. The molecule has 112 valence electrons.